The number of aliphatic imine (C=N–C) groups is 1. The van der Waals surface area contributed by atoms with Crippen LogP contribution in [-0.2, 0) is 0 Å². The molecule has 0 spiro atoms. The number of benzene rings is 1. The van der Waals surface area contributed by atoms with Crippen molar-refractivity contribution < 1.29 is 9.15 Å². The van der Waals surface area contributed by atoms with Crippen LogP contribution in [0.5, 0.6) is 5.75 Å². The van der Waals surface area contributed by atoms with Crippen molar-refractivity contribution in [2.24, 2.45) is 10.7 Å². The number of fused-ring (bicyclic) bond motifs is 1. The van der Waals surface area contributed by atoms with Crippen LogP contribution >= 0.6 is 0 Å². The van der Waals surface area contributed by atoms with Gasteiger partial charge < -0.3 is 19.8 Å². The molecule has 2 N–H and O–H groups in total. The average molecular weight is 317 g/mol. The summed E-state index contributed by atoms with van der Waals surface area (Å²) in [6, 6.07) is 7.01. The third-order valence-electron chi connectivity index (χ3n) is 3.81. The van der Waals surface area contributed by atoms with Gasteiger partial charge >= 0.3 is 5.63 Å². The Morgan fingerprint density at radius 1 is 1.30 bits per heavy atom. The van der Waals surface area contributed by atoms with Crippen LogP contribution in [0, 0.1) is 0 Å². The third kappa shape index (κ3) is 4.10. The highest BCUT2D eigenvalue weighted by Gasteiger charge is 2.10. The molecule has 0 amide bonds. The van der Waals surface area contributed by atoms with Crippen molar-refractivity contribution in [3.05, 3.63) is 40.2 Å². The number of rotatable bonds is 7. The van der Waals surface area contributed by atoms with Gasteiger partial charge in [0.2, 0.25) is 0 Å². The Morgan fingerprint density at radius 2 is 2.04 bits per heavy atom. The minimum Gasteiger partial charge on any atom is -0.497 e. The first-order chi connectivity index (χ1) is 11.1. The van der Waals surface area contributed by atoms with E-state index in [4.69, 9.17) is 14.9 Å². The summed E-state index contributed by atoms with van der Waals surface area (Å²) in [5.74, 6) is 0.845. The van der Waals surface area contributed by atoms with Crippen LogP contribution in [0.3, 0.4) is 0 Å². The zero-order valence-electron chi connectivity index (χ0n) is 13.8. The number of hydrogen-bond donors (Lipinski definition) is 1. The third-order valence-corrected chi connectivity index (χ3v) is 3.81. The Balaban J connectivity index is 2.24. The fraction of sp³-hybridized carbons (Fsp3) is 0.412. The van der Waals surface area contributed by atoms with Gasteiger partial charge in [0.1, 0.15) is 22.7 Å². The molecule has 6 nitrogen and oxygen atoms in total. The average Bonchev–Trinajstić information content (AvgIpc) is 2.57. The predicted octanol–water partition coefficient (Wildman–Crippen LogP) is 1.85. The van der Waals surface area contributed by atoms with Crippen LogP contribution in [-0.4, -0.2) is 44.0 Å². The van der Waals surface area contributed by atoms with E-state index in [9.17, 15) is 4.79 Å². The zero-order valence-corrected chi connectivity index (χ0v) is 13.8. The molecule has 2 rings (SSSR count). The van der Waals surface area contributed by atoms with Gasteiger partial charge in [0.15, 0.2) is 0 Å². The van der Waals surface area contributed by atoms with E-state index in [-0.39, 0.29) is 5.84 Å². The zero-order chi connectivity index (χ0) is 16.8. The van der Waals surface area contributed by atoms with E-state index < -0.39 is 5.63 Å². The van der Waals surface area contributed by atoms with E-state index in [2.05, 4.69) is 23.7 Å². The fourth-order valence-electron chi connectivity index (χ4n) is 2.33. The lowest BCUT2D eigenvalue weighted by atomic mass is 10.1. The highest BCUT2D eigenvalue weighted by molar-refractivity contribution is 5.99. The van der Waals surface area contributed by atoms with Gasteiger partial charge in [0.05, 0.1) is 13.7 Å². The molecule has 0 fully saturated rings. The molecule has 6 heteroatoms. The first-order valence-corrected chi connectivity index (χ1v) is 7.73. The highest BCUT2D eigenvalue weighted by atomic mass is 16.5. The van der Waals surface area contributed by atoms with Crippen molar-refractivity contribution >= 4 is 16.8 Å². The van der Waals surface area contributed by atoms with Gasteiger partial charge in [-0.15, -0.1) is 0 Å². The van der Waals surface area contributed by atoms with Crippen LogP contribution < -0.4 is 16.1 Å². The van der Waals surface area contributed by atoms with Crippen molar-refractivity contribution in [1.82, 2.24) is 4.90 Å². The summed E-state index contributed by atoms with van der Waals surface area (Å²) in [4.78, 5) is 18.6. The summed E-state index contributed by atoms with van der Waals surface area (Å²) < 4.78 is 10.4. The quantitative estimate of drug-likeness (QED) is 0.479. The van der Waals surface area contributed by atoms with E-state index in [0.29, 0.717) is 23.4 Å². The first-order valence-electron chi connectivity index (χ1n) is 7.73. The molecule has 0 saturated carbocycles. The summed E-state index contributed by atoms with van der Waals surface area (Å²) in [5.41, 5.74) is 6.23. The summed E-state index contributed by atoms with van der Waals surface area (Å²) in [6.07, 6.45) is 0. The van der Waals surface area contributed by atoms with Crippen LogP contribution in [0.2, 0.25) is 0 Å². The molecule has 0 radical (unpaired) electrons. The largest absolute Gasteiger partial charge is 0.497 e. The Bertz CT molecular complexity index is 748. The number of ether oxygens (including phenoxy) is 1. The fourth-order valence-corrected chi connectivity index (χ4v) is 2.33. The Morgan fingerprint density at radius 3 is 2.70 bits per heavy atom. The molecule has 0 atom stereocenters. The second-order valence-corrected chi connectivity index (χ2v) is 5.15. The van der Waals surface area contributed by atoms with E-state index in [1.54, 1.807) is 25.3 Å². The Labute approximate surface area is 135 Å². The molecule has 1 aromatic carbocycles. The smallest absolute Gasteiger partial charge is 0.347 e. The lowest BCUT2D eigenvalue weighted by Gasteiger charge is -2.16. The molecule has 23 heavy (non-hydrogen) atoms. The van der Waals surface area contributed by atoms with Crippen molar-refractivity contribution in [3.8, 4) is 5.75 Å². The number of nitrogens with zero attached hydrogens (tertiary/aromatic N) is 2. The van der Waals surface area contributed by atoms with E-state index in [1.165, 1.54) is 0 Å². The molecule has 0 aliphatic heterocycles. The minimum absolute atomic E-state index is 0.212. The van der Waals surface area contributed by atoms with Gasteiger partial charge in [-0.25, -0.2) is 4.79 Å². The van der Waals surface area contributed by atoms with Crippen LogP contribution in [0.1, 0.15) is 19.4 Å². The molecule has 2 aromatic rings. The Kier molecular flexibility index (Phi) is 5.76. The number of likely N-dealkylation sites (N-methyl/N-ethyl adjacent to an activating group) is 1. The maximum absolute atomic E-state index is 12.1. The van der Waals surface area contributed by atoms with Gasteiger partial charge in [-0.2, -0.15) is 0 Å². The Hall–Kier alpha value is -2.34. The standard InChI is InChI=1S/C17H23N3O3/c1-4-20(5-2)9-8-19-16(18)14-10-12-6-7-13(22-3)11-15(12)23-17(14)21/h6-7,10-11H,4-5,8-9H2,1-3H3,(H2,18,19). The van der Waals surface area contributed by atoms with Crippen molar-refractivity contribution in [2.75, 3.05) is 33.3 Å². The monoisotopic (exact) mass is 317 g/mol. The topological polar surface area (TPSA) is 81.1 Å². The van der Waals surface area contributed by atoms with Crippen molar-refractivity contribution in [2.45, 2.75) is 13.8 Å². The molecule has 1 aromatic heterocycles. The maximum Gasteiger partial charge on any atom is 0.347 e. The van der Waals surface area contributed by atoms with Crippen LogP contribution in [0.4, 0.5) is 0 Å². The van der Waals surface area contributed by atoms with Crippen molar-refractivity contribution in [1.29, 1.82) is 0 Å². The predicted molar refractivity (Wildman–Crippen MR) is 92.4 cm³/mol. The summed E-state index contributed by atoms with van der Waals surface area (Å²) in [7, 11) is 1.56. The number of methoxy groups -OCH3 is 1. The van der Waals surface area contributed by atoms with Gasteiger partial charge in [-0.3, -0.25) is 4.99 Å². The molecule has 1 heterocycles. The number of hydrogen-bond acceptors (Lipinski definition) is 5. The maximum atomic E-state index is 12.1. The molecular weight excluding hydrogens is 294 g/mol. The van der Waals surface area contributed by atoms with Gasteiger partial charge in [-0.1, -0.05) is 13.8 Å². The molecule has 0 unspecified atom stereocenters. The van der Waals surface area contributed by atoms with Gasteiger partial charge in [-0.05, 0) is 31.3 Å². The second kappa shape index (κ2) is 7.78. The summed E-state index contributed by atoms with van der Waals surface area (Å²) in [5, 5.41) is 0.780. The second-order valence-electron chi connectivity index (χ2n) is 5.15. The highest BCUT2D eigenvalue weighted by Crippen LogP contribution is 2.20. The lowest BCUT2D eigenvalue weighted by Crippen LogP contribution is -2.28. The number of amidine groups is 1. The first kappa shape index (κ1) is 17.0. The molecule has 0 saturated heterocycles. The SMILES string of the molecule is CCN(CC)CCN=C(N)c1cc2ccc(OC)cc2oc1=O. The van der Waals surface area contributed by atoms with Gasteiger partial charge in [0, 0.05) is 18.0 Å². The summed E-state index contributed by atoms with van der Waals surface area (Å²) >= 11 is 0. The van der Waals surface area contributed by atoms with Crippen LogP contribution in [0.15, 0.2) is 38.5 Å². The molecular formula is C17H23N3O3. The lowest BCUT2D eigenvalue weighted by molar-refractivity contribution is 0.313. The van der Waals surface area contributed by atoms with Crippen molar-refractivity contribution in [3.63, 3.8) is 0 Å². The molecule has 0 aliphatic rings. The number of nitrogens with two attached hydrogens (primary N) is 1. The molecule has 0 bridgehead atoms. The van der Waals surface area contributed by atoms with E-state index in [0.717, 1.165) is 25.0 Å². The minimum atomic E-state index is -0.491. The van der Waals surface area contributed by atoms with E-state index >= 15 is 0 Å². The van der Waals surface area contributed by atoms with Gasteiger partial charge in [0.25, 0.3) is 0 Å². The normalized spacial score (nSPS) is 12.1. The van der Waals surface area contributed by atoms with Crippen LogP contribution in [0.25, 0.3) is 11.0 Å². The van der Waals surface area contributed by atoms with E-state index in [1.807, 2.05) is 6.07 Å². The summed E-state index contributed by atoms with van der Waals surface area (Å²) in [6.45, 7) is 7.49. The molecule has 0 aliphatic carbocycles. The molecule has 124 valence electrons.